The Labute approximate surface area is 118 Å². The van der Waals surface area contributed by atoms with Crippen LogP contribution in [0.5, 0.6) is 5.75 Å². The molecule has 0 amide bonds. The van der Waals surface area contributed by atoms with E-state index in [-0.39, 0.29) is 0 Å². The van der Waals surface area contributed by atoms with Gasteiger partial charge in [-0.1, -0.05) is 19.4 Å². The molecule has 1 aromatic rings. The average molecular weight is 280 g/mol. The molecule has 0 atom stereocenters. The number of carboxylic acid groups (broad SMARTS) is 1. The highest BCUT2D eigenvalue weighted by molar-refractivity contribution is 7.98. The van der Waals surface area contributed by atoms with Crippen molar-refractivity contribution in [2.45, 2.75) is 25.5 Å². The van der Waals surface area contributed by atoms with Crippen LogP contribution in [0.4, 0.5) is 0 Å². The number of aliphatic carboxylic acids is 1. The molecule has 0 radical (unpaired) electrons. The van der Waals surface area contributed by atoms with Crippen molar-refractivity contribution in [2.24, 2.45) is 0 Å². The molecule has 0 saturated carbocycles. The van der Waals surface area contributed by atoms with Crippen LogP contribution in [-0.2, 0) is 10.5 Å². The molecule has 19 heavy (non-hydrogen) atoms. The lowest BCUT2D eigenvalue weighted by Crippen LogP contribution is -1.92. The highest BCUT2D eigenvalue weighted by atomic mass is 32.2. The Morgan fingerprint density at radius 3 is 2.89 bits per heavy atom. The van der Waals surface area contributed by atoms with E-state index in [4.69, 9.17) is 9.84 Å². The number of ether oxygens (including phenoxy) is 1. The van der Waals surface area contributed by atoms with E-state index in [1.54, 1.807) is 13.2 Å². The highest BCUT2D eigenvalue weighted by Gasteiger charge is 2.02. The van der Waals surface area contributed by atoms with E-state index in [9.17, 15) is 4.79 Å². The topological polar surface area (TPSA) is 46.5 Å². The molecule has 0 saturated heterocycles. The highest BCUT2D eigenvalue weighted by Crippen LogP contribution is 2.24. The summed E-state index contributed by atoms with van der Waals surface area (Å²) in [6.07, 6.45) is 5.14. The van der Waals surface area contributed by atoms with Crippen LogP contribution in [0.1, 0.15) is 30.9 Å². The molecule has 1 aromatic carbocycles. The zero-order chi connectivity index (χ0) is 14.1. The second kappa shape index (κ2) is 8.64. The fourth-order valence-electron chi connectivity index (χ4n) is 1.60. The number of hydrogen-bond donors (Lipinski definition) is 1. The lowest BCUT2D eigenvalue weighted by molar-refractivity contribution is -0.131. The van der Waals surface area contributed by atoms with Gasteiger partial charge in [0.05, 0.1) is 7.11 Å². The Morgan fingerprint density at radius 1 is 1.47 bits per heavy atom. The van der Waals surface area contributed by atoms with Crippen LogP contribution in [0.25, 0.3) is 6.08 Å². The Bertz CT molecular complexity index is 441. The average Bonchev–Trinajstić information content (AvgIpc) is 2.41. The molecule has 0 aliphatic rings. The number of unbranched alkanes of at least 4 members (excludes halogenated alkanes) is 1. The number of carbonyl (C=O) groups is 1. The molecule has 1 N–H and O–H groups in total. The van der Waals surface area contributed by atoms with Gasteiger partial charge in [-0.15, -0.1) is 0 Å². The minimum atomic E-state index is -0.954. The molecule has 0 aromatic heterocycles. The third kappa shape index (κ3) is 5.83. The van der Waals surface area contributed by atoms with Gasteiger partial charge in [-0.05, 0) is 35.9 Å². The van der Waals surface area contributed by atoms with Crippen LogP contribution in [0.3, 0.4) is 0 Å². The second-order valence-electron chi connectivity index (χ2n) is 4.15. The fourth-order valence-corrected chi connectivity index (χ4v) is 2.65. The summed E-state index contributed by atoms with van der Waals surface area (Å²) >= 11 is 1.90. The van der Waals surface area contributed by atoms with Crippen molar-refractivity contribution in [3.63, 3.8) is 0 Å². The molecular weight excluding hydrogens is 260 g/mol. The monoisotopic (exact) mass is 280 g/mol. The first-order valence-corrected chi connectivity index (χ1v) is 7.48. The van der Waals surface area contributed by atoms with Crippen LogP contribution in [-0.4, -0.2) is 23.9 Å². The number of thioether (sulfide) groups is 1. The Balaban J connectivity index is 2.74. The van der Waals surface area contributed by atoms with Crippen molar-refractivity contribution in [1.29, 1.82) is 0 Å². The van der Waals surface area contributed by atoms with E-state index in [1.165, 1.54) is 18.4 Å². The summed E-state index contributed by atoms with van der Waals surface area (Å²) in [5.74, 6) is 1.84. The molecule has 0 aliphatic heterocycles. The van der Waals surface area contributed by atoms with Crippen LogP contribution in [0, 0.1) is 0 Å². The van der Waals surface area contributed by atoms with Crippen LogP contribution < -0.4 is 4.74 Å². The van der Waals surface area contributed by atoms with Crippen LogP contribution in [0.15, 0.2) is 24.3 Å². The number of benzene rings is 1. The Kier molecular flexibility index (Phi) is 7.11. The minimum absolute atomic E-state index is 0.694. The summed E-state index contributed by atoms with van der Waals surface area (Å²) < 4.78 is 5.22. The van der Waals surface area contributed by atoms with Gasteiger partial charge in [0.2, 0.25) is 0 Å². The number of hydrogen-bond acceptors (Lipinski definition) is 3. The van der Waals surface area contributed by atoms with Crippen LogP contribution >= 0.6 is 11.8 Å². The first-order valence-electron chi connectivity index (χ1n) is 6.33. The first-order chi connectivity index (χ1) is 9.17. The molecule has 4 heteroatoms. The quantitative estimate of drug-likeness (QED) is 0.581. The normalized spacial score (nSPS) is 10.8. The summed E-state index contributed by atoms with van der Waals surface area (Å²) in [4.78, 5) is 10.6. The van der Waals surface area contributed by atoms with Gasteiger partial charge >= 0.3 is 5.97 Å². The molecule has 1 rings (SSSR count). The van der Waals surface area contributed by atoms with E-state index in [0.717, 1.165) is 23.1 Å². The van der Waals surface area contributed by atoms with Crippen molar-refractivity contribution < 1.29 is 14.6 Å². The van der Waals surface area contributed by atoms with Gasteiger partial charge in [0, 0.05) is 17.4 Å². The number of carboxylic acids is 1. The van der Waals surface area contributed by atoms with Crippen molar-refractivity contribution in [1.82, 2.24) is 0 Å². The van der Waals surface area contributed by atoms with Gasteiger partial charge < -0.3 is 9.84 Å². The first kappa shape index (κ1) is 15.6. The number of rotatable bonds is 8. The fraction of sp³-hybridized carbons (Fsp3) is 0.400. The smallest absolute Gasteiger partial charge is 0.328 e. The van der Waals surface area contributed by atoms with Crippen molar-refractivity contribution in [3.05, 3.63) is 35.4 Å². The maximum Gasteiger partial charge on any atom is 0.328 e. The van der Waals surface area contributed by atoms with Gasteiger partial charge in [-0.3, -0.25) is 0 Å². The van der Waals surface area contributed by atoms with Crippen molar-refractivity contribution in [2.75, 3.05) is 12.9 Å². The zero-order valence-electron chi connectivity index (χ0n) is 11.4. The molecule has 0 fully saturated rings. The predicted octanol–water partition coefficient (Wildman–Crippen LogP) is 3.83. The summed E-state index contributed by atoms with van der Waals surface area (Å²) in [5.41, 5.74) is 1.99. The Morgan fingerprint density at radius 2 is 2.26 bits per heavy atom. The molecule has 0 bridgehead atoms. The summed E-state index contributed by atoms with van der Waals surface area (Å²) in [5, 5.41) is 8.68. The van der Waals surface area contributed by atoms with Gasteiger partial charge in [0.15, 0.2) is 0 Å². The second-order valence-corrected chi connectivity index (χ2v) is 5.26. The zero-order valence-corrected chi connectivity index (χ0v) is 12.2. The van der Waals surface area contributed by atoms with E-state index in [1.807, 2.05) is 30.0 Å². The molecule has 0 aliphatic carbocycles. The van der Waals surface area contributed by atoms with Crippen molar-refractivity contribution >= 4 is 23.8 Å². The molecule has 0 unspecified atom stereocenters. The van der Waals surface area contributed by atoms with Crippen LogP contribution in [0.2, 0.25) is 0 Å². The molecule has 3 nitrogen and oxygen atoms in total. The van der Waals surface area contributed by atoms with Gasteiger partial charge in [-0.2, -0.15) is 11.8 Å². The minimum Gasteiger partial charge on any atom is -0.496 e. The van der Waals surface area contributed by atoms with Gasteiger partial charge in [-0.25, -0.2) is 4.79 Å². The molecule has 0 heterocycles. The third-order valence-corrected chi connectivity index (χ3v) is 3.73. The summed E-state index contributed by atoms with van der Waals surface area (Å²) in [6.45, 7) is 2.18. The summed E-state index contributed by atoms with van der Waals surface area (Å²) in [7, 11) is 1.59. The SMILES string of the molecule is CCCCSCc1ccc(OC)c(C=CC(=O)O)c1. The standard InChI is InChI=1S/C15H20O3S/c1-3-4-9-19-11-12-5-7-14(18-2)13(10-12)6-8-15(16)17/h5-8,10H,3-4,9,11H2,1-2H3,(H,16,17). The molecule has 0 spiro atoms. The van der Waals surface area contributed by atoms with E-state index in [0.29, 0.717) is 5.75 Å². The maximum atomic E-state index is 10.6. The van der Waals surface area contributed by atoms with Gasteiger partial charge in [0.25, 0.3) is 0 Å². The number of methoxy groups -OCH3 is 1. The van der Waals surface area contributed by atoms with Crippen molar-refractivity contribution in [3.8, 4) is 5.75 Å². The maximum absolute atomic E-state index is 10.6. The van der Waals surface area contributed by atoms with E-state index < -0.39 is 5.97 Å². The lowest BCUT2D eigenvalue weighted by atomic mass is 10.1. The van der Waals surface area contributed by atoms with E-state index in [2.05, 4.69) is 6.92 Å². The summed E-state index contributed by atoms with van der Waals surface area (Å²) in [6, 6.07) is 5.89. The molecular formula is C15H20O3S. The van der Waals surface area contributed by atoms with Gasteiger partial charge in [0.1, 0.15) is 5.75 Å². The molecule has 104 valence electrons. The largest absolute Gasteiger partial charge is 0.496 e. The third-order valence-electron chi connectivity index (χ3n) is 2.61. The Hall–Kier alpha value is -1.42. The lowest BCUT2D eigenvalue weighted by Gasteiger charge is -2.08. The predicted molar refractivity (Wildman–Crippen MR) is 80.7 cm³/mol. The van der Waals surface area contributed by atoms with E-state index >= 15 is 0 Å².